The van der Waals surface area contributed by atoms with Gasteiger partial charge in [-0.2, -0.15) is 0 Å². The van der Waals surface area contributed by atoms with Crippen molar-refractivity contribution in [1.82, 2.24) is 0 Å². The molecule has 0 aliphatic heterocycles. The largest absolute Gasteiger partial charge is 0.464 e. The number of hydrogen-bond acceptors (Lipinski definition) is 3. The lowest BCUT2D eigenvalue weighted by Gasteiger charge is -2.29. The van der Waals surface area contributed by atoms with Crippen LogP contribution in [0.15, 0.2) is 45.6 Å². The van der Waals surface area contributed by atoms with Crippen LogP contribution in [-0.4, -0.2) is 24.3 Å². The number of ether oxygens (including phenoxy) is 2. The second kappa shape index (κ2) is 10.6. The first kappa shape index (κ1) is 23.7. The van der Waals surface area contributed by atoms with Gasteiger partial charge in [-0.15, -0.1) is 0 Å². The lowest BCUT2D eigenvalue weighted by Crippen LogP contribution is -2.37. The normalized spacial score (nSPS) is 16.5. The standard InChI is InChI=1S/C21H33ClO3/c1-10-14(3)18(17(6)15(4)12-13-16(5)22)19(20(23)24-11-2)25-21(7,8)9/h10,12-13,19H,11H2,1-9H3. The maximum Gasteiger partial charge on any atom is 0.339 e. The van der Waals surface area contributed by atoms with E-state index in [-0.39, 0.29) is 5.97 Å². The molecule has 0 aliphatic rings. The van der Waals surface area contributed by atoms with Gasteiger partial charge in [-0.05, 0) is 90.7 Å². The Balaban J connectivity index is 6.33. The monoisotopic (exact) mass is 368 g/mol. The first-order valence-electron chi connectivity index (χ1n) is 8.64. The number of halogens is 1. The molecule has 0 saturated carbocycles. The van der Waals surface area contributed by atoms with Crippen molar-refractivity contribution in [1.29, 1.82) is 0 Å². The molecular weight excluding hydrogens is 336 g/mol. The van der Waals surface area contributed by atoms with E-state index in [9.17, 15) is 4.79 Å². The predicted octanol–water partition coefficient (Wildman–Crippen LogP) is 6.10. The van der Waals surface area contributed by atoms with Gasteiger partial charge in [0, 0.05) is 5.03 Å². The molecule has 1 atom stereocenters. The molecule has 0 saturated heterocycles. The summed E-state index contributed by atoms with van der Waals surface area (Å²) in [5.74, 6) is -0.371. The molecule has 0 aromatic heterocycles. The molecule has 0 N–H and O–H groups in total. The van der Waals surface area contributed by atoms with Crippen LogP contribution in [0.25, 0.3) is 0 Å². The Kier molecular flexibility index (Phi) is 10.1. The van der Waals surface area contributed by atoms with Gasteiger partial charge < -0.3 is 9.47 Å². The van der Waals surface area contributed by atoms with Gasteiger partial charge >= 0.3 is 5.97 Å². The molecule has 142 valence electrons. The van der Waals surface area contributed by atoms with Crippen LogP contribution < -0.4 is 0 Å². The molecule has 25 heavy (non-hydrogen) atoms. The van der Waals surface area contributed by atoms with E-state index < -0.39 is 11.7 Å². The number of carbonyl (C=O) groups is 1. The fourth-order valence-corrected chi connectivity index (χ4v) is 2.29. The average molecular weight is 369 g/mol. The van der Waals surface area contributed by atoms with Crippen LogP contribution in [0.5, 0.6) is 0 Å². The summed E-state index contributed by atoms with van der Waals surface area (Å²) in [6.45, 7) is 17.6. The highest BCUT2D eigenvalue weighted by Crippen LogP contribution is 2.29. The van der Waals surface area contributed by atoms with E-state index in [0.717, 1.165) is 22.3 Å². The molecule has 3 nitrogen and oxygen atoms in total. The first-order valence-corrected chi connectivity index (χ1v) is 9.01. The molecule has 0 aromatic carbocycles. The molecule has 0 spiro atoms. The molecule has 0 radical (unpaired) electrons. The van der Waals surface area contributed by atoms with Crippen LogP contribution in [0.4, 0.5) is 0 Å². The molecule has 0 bridgehead atoms. The summed E-state index contributed by atoms with van der Waals surface area (Å²) < 4.78 is 11.4. The highest BCUT2D eigenvalue weighted by molar-refractivity contribution is 6.29. The van der Waals surface area contributed by atoms with Crippen LogP contribution in [0.1, 0.15) is 62.3 Å². The van der Waals surface area contributed by atoms with Crippen molar-refractivity contribution in [3.05, 3.63) is 45.6 Å². The van der Waals surface area contributed by atoms with Gasteiger partial charge in [-0.3, -0.25) is 0 Å². The first-order chi connectivity index (χ1) is 11.4. The minimum absolute atomic E-state index is 0.313. The number of esters is 1. The van der Waals surface area contributed by atoms with E-state index in [1.54, 1.807) is 6.92 Å². The highest BCUT2D eigenvalue weighted by atomic mass is 35.5. The Morgan fingerprint density at radius 3 is 2.04 bits per heavy atom. The third-order valence-corrected chi connectivity index (χ3v) is 3.78. The maximum absolute atomic E-state index is 12.6. The number of carbonyl (C=O) groups excluding carboxylic acids is 1. The molecule has 0 fully saturated rings. The van der Waals surface area contributed by atoms with Crippen molar-refractivity contribution in [2.75, 3.05) is 6.61 Å². The molecular formula is C21H33ClO3. The van der Waals surface area contributed by atoms with E-state index in [4.69, 9.17) is 21.1 Å². The molecule has 1 unspecified atom stereocenters. The lowest BCUT2D eigenvalue weighted by atomic mass is 9.91. The third-order valence-electron chi connectivity index (χ3n) is 3.65. The summed E-state index contributed by atoms with van der Waals surface area (Å²) in [4.78, 5) is 12.6. The van der Waals surface area contributed by atoms with Crippen molar-refractivity contribution >= 4 is 17.6 Å². The van der Waals surface area contributed by atoms with E-state index in [2.05, 4.69) is 0 Å². The minimum Gasteiger partial charge on any atom is -0.464 e. The van der Waals surface area contributed by atoms with E-state index in [1.807, 2.05) is 73.6 Å². The summed E-state index contributed by atoms with van der Waals surface area (Å²) in [6.07, 6.45) is 4.99. The van der Waals surface area contributed by atoms with Gasteiger partial charge in [0.25, 0.3) is 0 Å². The van der Waals surface area contributed by atoms with Gasteiger partial charge in [-0.25, -0.2) is 4.79 Å². The van der Waals surface area contributed by atoms with E-state index >= 15 is 0 Å². The summed E-state index contributed by atoms with van der Waals surface area (Å²) in [5.41, 5.74) is 3.33. The van der Waals surface area contributed by atoms with Gasteiger partial charge in [-0.1, -0.05) is 23.8 Å². The Hall–Kier alpha value is -1.32. The second-order valence-electron chi connectivity index (χ2n) is 6.98. The lowest BCUT2D eigenvalue weighted by molar-refractivity contribution is -0.161. The fourth-order valence-electron chi connectivity index (χ4n) is 2.23. The molecule has 0 aliphatic carbocycles. The Morgan fingerprint density at radius 2 is 1.64 bits per heavy atom. The summed E-state index contributed by atoms with van der Waals surface area (Å²) in [7, 11) is 0. The average Bonchev–Trinajstić information content (AvgIpc) is 2.50. The zero-order valence-electron chi connectivity index (χ0n) is 17.1. The molecule has 4 heteroatoms. The van der Waals surface area contributed by atoms with Gasteiger partial charge in [0.15, 0.2) is 6.10 Å². The molecule has 0 heterocycles. The molecule has 0 amide bonds. The molecule has 0 rings (SSSR count). The topological polar surface area (TPSA) is 35.5 Å². The SMILES string of the molecule is CC=C(C)C(=C(C)C(C)=CC=C(C)Cl)C(OC(C)(C)C)C(=O)OCC. The third kappa shape index (κ3) is 8.55. The van der Waals surface area contributed by atoms with Gasteiger partial charge in [0.05, 0.1) is 12.2 Å². The van der Waals surface area contributed by atoms with Gasteiger partial charge in [0.1, 0.15) is 0 Å². The van der Waals surface area contributed by atoms with Crippen molar-refractivity contribution in [3.8, 4) is 0 Å². The van der Waals surface area contributed by atoms with Gasteiger partial charge in [0.2, 0.25) is 0 Å². The summed E-state index contributed by atoms with van der Waals surface area (Å²) in [6, 6.07) is 0. The second-order valence-corrected chi connectivity index (χ2v) is 7.57. The number of allylic oxidation sites excluding steroid dienone is 6. The van der Waals surface area contributed by atoms with Crippen molar-refractivity contribution in [3.63, 3.8) is 0 Å². The fraction of sp³-hybridized carbons (Fsp3) is 0.571. The van der Waals surface area contributed by atoms with Crippen LogP contribution >= 0.6 is 11.6 Å². The maximum atomic E-state index is 12.6. The number of hydrogen-bond donors (Lipinski definition) is 0. The summed E-state index contributed by atoms with van der Waals surface area (Å²) >= 11 is 5.93. The highest BCUT2D eigenvalue weighted by Gasteiger charge is 2.32. The number of rotatable bonds is 7. The smallest absolute Gasteiger partial charge is 0.339 e. The Morgan fingerprint density at radius 1 is 1.08 bits per heavy atom. The Labute approximate surface area is 158 Å². The van der Waals surface area contributed by atoms with Crippen LogP contribution in [-0.2, 0) is 14.3 Å². The summed E-state index contributed by atoms with van der Waals surface area (Å²) in [5, 5.41) is 0.698. The zero-order chi connectivity index (χ0) is 19.8. The minimum atomic E-state index is -0.777. The van der Waals surface area contributed by atoms with Crippen LogP contribution in [0, 0.1) is 0 Å². The van der Waals surface area contributed by atoms with Crippen molar-refractivity contribution < 1.29 is 14.3 Å². The van der Waals surface area contributed by atoms with E-state index in [0.29, 0.717) is 11.6 Å². The molecule has 0 aromatic rings. The predicted molar refractivity (Wildman–Crippen MR) is 107 cm³/mol. The Bertz CT molecular complexity index is 583. The quantitative estimate of drug-likeness (QED) is 0.402. The van der Waals surface area contributed by atoms with E-state index in [1.165, 1.54) is 0 Å². The van der Waals surface area contributed by atoms with Crippen molar-refractivity contribution in [2.45, 2.75) is 74.0 Å². The zero-order valence-corrected chi connectivity index (χ0v) is 17.9. The van der Waals surface area contributed by atoms with Crippen molar-refractivity contribution in [2.24, 2.45) is 0 Å². The van der Waals surface area contributed by atoms with Crippen LogP contribution in [0.2, 0.25) is 0 Å². The van der Waals surface area contributed by atoms with Crippen LogP contribution in [0.3, 0.4) is 0 Å².